The van der Waals surface area contributed by atoms with Crippen LogP contribution in [0.5, 0.6) is 0 Å². The average Bonchev–Trinajstić information content (AvgIpc) is 3.24. The van der Waals surface area contributed by atoms with Gasteiger partial charge in [0.2, 0.25) is 11.8 Å². The molecule has 3 aromatic heterocycles. The maximum atomic E-state index is 11.9. The van der Waals surface area contributed by atoms with Gasteiger partial charge in [-0.15, -0.1) is 10.2 Å². The summed E-state index contributed by atoms with van der Waals surface area (Å²) in [5.41, 5.74) is 2.25. The van der Waals surface area contributed by atoms with Gasteiger partial charge < -0.3 is 9.73 Å². The van der Waals surface area contributed by atoms with Crippen LogP contribution in [-0.2, 0) is 11.2 Å². The molecule has 0 aliphatic heterocycles. The van der Waals surface area contributed by atoms with Crippen LogP contribution in [0.15, 0.2) is 59.2 Å². The molecule has 3 heterocycles. The number of nitrogens with zero attached hydrogens (tertiary/aromatic N) is 4. The number of benzene rings is 1. The molecule has 0 saturated heterocycles. The number of carbonyl (C=O) groups is 1. The zero-order valence-corrected chi connectivity index (χ0v) is 13.3. The van der Waals surface area contributed by atoms with E-state index < -0.39 is 0 Å². The highest BCUT2D eigenvalue weighted by Gasteiger charge is 2.05. The van der Waals surface area contributed by atoms with Crippen molar-refractivity contribution in [3.05, 3.63) is 66.5 Å². The quantitative estimate of drug-likeness (QED) is 0.566. The van der Waals surface area contributed by atoms with Gasteiger partial charge in [0.25, 0.3) is 0 Å². The molecule has 7 heteroatoms. The lowest BCUT2D eigenvalue weighted by atomic mass is 10.3. The van der Waals surface area contributed by atoms with Gasteiger partial charge in [0.05, 0.1) is 0 Å². The maximum absolute atomic E-state index is 11.9. The number of oxazole rings is 1. The molecule has 7 nitrogen and oxygen atoms in total. The highest BCUT2D eigenvalue weighted by atomic mass is 16.3. The Morgan fingerprint density at radius 1 is 1.16 bits per heavy atom. The molecular formula is C18H15N5O2. The smallest absolute Gasteiger partial charge is 0.244 e. The van der Waals surface area contributed by atoms with E-state index in [1.165, 1.54) is 6.08 Å². The lowest BCUT2D eigenvalue weighted by molar-refractivity contribution is -0.116. The lowest BCUT2D eigenvalue weighted by Gasteiger charge is -2.01. The first-order valence-electron chi connectivity index (χ1n) is 7.90. The molecule has 0 aliphatic carbocycles. The van der Waals surface area contributed by atoms with Crippen molar-refractivity contribution in [2.24, 2.45) is 0 Å². The van der Waals surface area contributed by atoms with Gasteiger partial charge in [-0.1, -0.05) is 18.2 Å². The summed E-state index contributed by atoms with van der Waals surface area (Å²) in [5.74, 6) is 0.995. The molecule has 0 atom stereocenters. The molecule has 1 amide bonds. The average molecular weight is 333 g/mol. The van der Waals surface area contributed by atoms with Crippen molar-refractivity contribution in [3.63, 3.8) is 0 Å². The van der Waals surface area contributed by atoms with Crippen molar-refractivity contribution in [3.8, 4) is 0 Å². The zero-order chi connectivity index (χ0) is 17.1. The van der Waals surface area contributed by atoms with Crippen molar-refractivity contribution in [2.45, 2.75) is 6.42 Å². The molecule has 0 radical (unpaired) electrons. The lowest BCUT2D eigenvalue weighted by Crippen LogP contribution is -2.24. The first-order chi connectivity index (χ1) is 12.3. The van der Waals surface area contributed by atoms with Gasteiger partial charge >= 0.3 is 0 Å². The van der Waals surface area contributed by atoms with Crippen LogP contribution in [0.3, 0.4) is 0 Å². The van der Waals surface area contributed by atoms with E-state index in [1.807, 2.05) is 53.1 Å². The fourth-order valence-corrected chi connectivity index (χ4v) is 2.53. The summed E-state index contributed by atoms with van der Waals surface area (Å²) in [5, 5.41) is 11.0. The minimum absolute atomic E-state index is 0.212. The maximum Gasteiger partial charge on any atom is 0.244 e. The van der Waals surface area contributed by atoms with Crippen LogP contribution in [0.2, 0.25) is 0 Å². The summed E-state index contributed by atoms with van der Waals surface area (Å²) in [6.45, 7) is 0.465. The number of pyridine rings is 1. The number of amides is 1. The van der Waals surface area contributed by atoms with Crippen molar-refractivity contribution in [1.82, 2.24) is 24.9 Å². The Labute approximate surface area is 143 Å². The van der Waals surface area contributed by atoms with Crippen LogP contribution >= 0.6 is 0 Å². The van der Waals surface area contributed by atoms with Crippen LogP contribution in [0.4, 0.5) is 0 Å². The van der Waals surface area contributed by atoms with Gasteiger partial charge in [-0.25, -0.2) is 4.98 Å². The molecule has 0 fully saturated rings. The normalized spacial score (nSPS) is 11.5. The van der Waals surface area contributed by atoms with Crippen molar-refractivity contribution >= 4 is 28.7 Å². The Bertz CT molecular complexity index is 1030. The zero-order valence-electron chi connectivity index (χ0n) is 13.3. The third kappa shape index (κ3) is 3.25. The molecule has 4 rings (SSSR count). The Morgan fingerprint density at radius 3 is 2.96 bits per heavy atom. The first kappa shape index (κ1) is 15.1. The predicted molar refractivity (Wildman–Crippen MR) is 92.7 cm³/mol. The first-order valence-corrected chi connectivity index (χ1v) is 7.90. The minimum Gasteiger partial charge on any atom is -0.437 e. The Morgan fingerprint density at radius 2 is 2.04 bits per heavy atom. The van der Waals surface area contributed by atoms with Gasteiger partial charge in [-0.05, 0) is 24.3 Å². The van der Waals surface area contributed by atoms with Gasteiger partial charge in [0.15, 0.2) is 11.2 Å². The van der Waals surface area contributed by atoms with Crippen LogP contribution in [0.25, 0.3) is 22.8 Å². The molecule has 0 saturated carbocycles. The summed E-state index contributed by atoms with van der Waals surface area (Å²) < 4.78 is 7.43. The number of rotatable bonds is 5. The minimum atomic E-state index is -0.212. The number of nitrogens with one attached hydrogen (secondary N) is 1. The Hall–Kier alpha value is -3.48. The molecule has 0 spiro atoms. The number of fused-ring (bicyclic) bond motifs is 2. The molecule has 4 aromatic rings. The van der Waals surface area contributed by atoms with Crippen LogP contribution in [0, 0.1) is 0 Å². The third-order valence-corrected chi connectivity index (χ3v) is 3.72. The third-order valence-electron chi connectivity index (χ3n) is 3.72. The largest absolute Gasteiger partial charge is 0.437 e. The number of para-hydroxylation sites is 2. The summed E-state index contributed by atoms with van der Waals surface area (Å²) >= 11 is 0. The standard InChI is InChI=1S/C18H15N5O2/c24-17(8-9-18-20-13-5-1-2-6-14(13)25-18)19-11-10-16-22-21-15-7-3-4-12-23(15)16/h1-9,12H,10-11H2,(H,19,24)/b9-8+. The predicted octanol–water partition coefficient (Wildman–Crippen LogP) is 2.24. The van der Waals surface area contributed by atoms with Crippen LogP contribution < -0.4 is 5.32 Å². The molecular weight excluding hydrogens is 318 g/mol. The van der Waals surface area contributed by atoms with E-state index in [1.54, 1.807) is 6.08 Å². The van der Waals surface area contributed by atoms with Gasteiger partial charge in [0, 0.05) is 31.3 Å². The fraction of sp³-hybridized carbons (Fsp3) is 0.111. The summed E-state index contributed by atoms with van der Waals surface area (Å²) in [6, 6.07) is 13.2. The van der Waals surface area contributed by atoms with E-state index in [2.05, 4.69) is 20.5 Å². The number of hydrogen-bond acceptors (Lipinski definition) is 5. The van der Waals surface area contributed by atoms with Crippen LogP contribution in [-0.4, -0.2) is 32.0 Å². The molecule has 0 bridgehead atoms. The molecule has 0 unspecified atom stereocenters. The summed E-state index contributed by atoms with van der Waals surface area (Å²) in [4.78, 5) is 16.2. The monoisotopic (exact) mass is 333 g/mol. The van der Waals surface area contributed by atoms with Gasteiger partial charge in [-0.3, -0.25) is 9.20 Å². The van der Waals surface area contributed by atoms with E-state index in [4.69, 9.17) is 4.42 Å². The fourth-order valence-electron chi connectivity index (χ4n) is 2.53. The van der Waals surface area contributed by atoms with Crippen molar-refractivity contribution in [2.75, 3.05) is 6.54 Å². The van der Waals surface area contributed by atoms with E-state index in [9.17, 15) is 4.79 Å². The SMILES string of the molecule is O=C(/C=C/c1nc2ccccc2o1)NCCc1nnc2ccccn12. The highest BCUT2D eigenvalue weighted by molar-refractivity contribution is 5.91. The number of aromatic nitrogens is 4. The summed E-state index contributed by atoms with van der Waals surface area (Å²) in [7, 11) is 0. The van der Waals surface area contributed by atoms with E-state index in [0.717, 1.165) is 17.0 Å². The molecule has 1 N–H and O–H groups in total. The van der Waals surface area contributed by atoms with Crippen molar-refractivity contribution in [1.29, 1.82) is 0 Å². The van der Waals surface area contributed by atoms with Gasteiger partial charge in [0.1, 0.15) is 11.3 Å². The topological polar surface area (TPSA) is 85.3 Å². The summed E-state index contributed by atoms with van der Waals surface area (Å²) in [6.07, 6.45) is 5.46. The van der Waals surface area contributed by atoms with E-state index >= 15 is 0 Å². The van der Waals surface area contributed by atoms with Crippen LogP contribution in [0.1, 0.15) is 11.7 Å². The highest BCUT2D eigenvalue weighted by Crippen LogP contribution is 2.15. The number of hydrogen-bond donors (Lipinski definition) is 1. The van der Waals surface area contributed by atoms with E-state index in [0.29, 0.717) is 24.4 Å². The Kier molecular flexibility index (Phi) is 3.96. The second-order valence-electron chi connectivity index (χ2n) is 5.44. The number of carbonyl (C=O) groups excluding carboxylic acids is 1. The Balaban J connectivity index is 1.34. The molecule has 124 valence electrons. The molecule has 25 heavy (non-hydrogen) atoms. The second kappa shape index (κ2) is 6.56. The van der Waals surface area contributed by atoms with Crippen molar-refractivity contribution < 1.29 is 9.21 Å². The van der Waals surface area contributed by atoms with Gasteiger partial charge in [-0.2, -0.15) is 0 Å². The second-order valence-corrected chi connectivity index (χ2v) is 5.44. The molecule has 0 aliphatic rings. The van der Waals surface area contributed by atoms with E-state index in [-0.39, 0.29) is 5.91 Å². The molecule has 1 aromatic carbocycles.